The molecule has 0 aromatic heterocycles. The van der Waals surface area contributed by atoms with Crippen LogP contribution >= 0.6 is 0 Å². The van der Waals surface area contributed by atoms with Crippen LogP contribution in [0.5, 0.6) is 0 Å². The van der Waals surface area contributed by atoms with Crippen LogP contribution in [0.15, 0.2) is 131 Å². The van der Waals surface area contributed by atoms with E-state index in [1.807, 2.05) is 42.5 Å². The van der Waals surface area contributed by atoms with Crippen LogP contribution in [-0.2, 0) is 14.3 Å². The zero-order chi connectivity index (χ0) is 34.1. The fraction of sp³-hybridized carbons (Fsp3) is 0.452. The maximum Gasteiger partial charge on any atom is 0.150 e. The minimum absolute atomic E-state index is 0.0495. The Hall–Kier alpha value is -3.27. The van der Waals surface area contributed by atoms with Gasteiger partial charge in [0.15, 0.2) is 0 Å². The molecule has 0 aromatic carbocycles. The third-order valence-electron chi connectivity index (χ3n) is 7.55. The molecule has 0 unspecified atom stereocenters. The number of carbonyl (C=O) groups excluding carboxylic acids is 1. The van der Waals surface area contributed by atoms with E-state index in [4.69, 9.17) is 9.47 Å². The van der Waals surface area contributed by atoms with E-state index in [9.17, 15) is 4.79 Å². The summed E-state index contributed by atoms with van der Waals surface area (Å²) in [4.78, 5) is 11.5. The maximum atomic E-state index is 11.5. The highest BCUT2D eigenvalue weighted by atomic mass is 16.5. The minimum Gasteiger partial charge on any atom is -0.379 e. The van der Waals surface area contributed by atoms with Crippen LogP contribution in [0.25, 0.3) is 0 Å². The Morgan fingerprint density at radius 2 is 0.867 bits per heavy atom. The first-order valence-corrected chi connectivity index (χ1v) is 16.2. The van der Waals surface area contributed by atoms with E-state index in [2.05, 4.69) is 117 Å². The molecule has 0 spiro atoms. The first-order valence-electron chi connectivity index (χ1n) is 16.2. The molecule has 248 valence electrons. The molecule has 0 aromatic rings. The first kappa shape index (κ1) is 41.7. The summed E-state index contributed by atoms with van der Waals surface area (Å²) in [6.45, 7) is 19.1. The van der Waals surface area contributed by atoms with Crippen LogP contribution < -0.4 is 0 Å². The summed E-state index contributed by atoms with van der Waals surface area (Å²) in [5.74, 6) is 0. The third-order valence-corrected chi connectivity index (χ3v) is 7.55. The number of rotatable bonds is 21. The second-order valence-electron chi connectivity index (χ2n) is 13.0. The molecule has 3 nitrogen and oxygen atoms in total. The van der Waals surface area contributed by atoms with Crippen molar-refractivity contribution < 1.29 is 14.3 Å². The van der Waals surface area contributed by atoms with E-state index in [0.717, 1.165) is 56.0 Å². The van der Waals surface area contributed by atoms with Crippen molar-refractivity contribution in [3.63, 3.8) is 0 Å². The largest absolute Gasteiger partial charge is 0.379 e. The molecule has 0 bridgehead atoms. The Morgan fingerprint density at radius 1 is 0.511 bits per heavy atom. The summed E-state index contributed by atoms with van der Waals surface area (Å²) in [5, 5.41) is 0. The lowest BCUT2D eigenvalue weighted by Gasteiger charge is -2.22. The maximum absolute atomic E-state index is 11.5. The molecule has 0 heterocycles. The highest BCUT2D eigenvalue weighted by Crippen LogP contribution is 2.20. The summed E-state index contributed by atoms with van der Waals surface area (Å²) >= 11 is 0. The van der Waals surface area contributed by atoms with Crippen LogP contribution in [-0.4, -0.2) is 31.7 Å². The van der Waals surface area contributed by atoms with Crippen LogP contribution in [0.3, 0.4) is 0 Å². The van der Waals surface area contributed by atoms with Crippen LogP contribution in [0, 0.1) is 0 Å². The first-order chi connectivity index (χ1) is 21.2. The van der Waals surface area contributed by atoms with E-state index < -0.39 is 0 Å². The van der Waals surface area contributed by atoms with Gasteiger partial charge in [-0.2, -0.15) is 0 Å². The molecule has 0 rings (SSSR count). The van der Waals surface area contributed by atoms with E-state index in [1.54, 1.807) is 14.2 Å². The summed E-state index contributed by atoms with van der Waals surface area (Å²) in [5.41, 5.74) is 6.66. The third kappa shape index (κ3) is 24.7. The van der Waals surface area contributed by atoms with E-state index in [1.165, 1.54) is 16.7 Å². The number of hydrogen-bond acceptors (Lipinski definition) is 3. The van der Waals surface area contributed by atoms with Gasteiger partial charge in [0, 0.05) is 19.8 Å². The van der Waals surface area contributed by atoms with Gasteiger partial charge in [0.25, 0.3) is 0 Å². The van der Waals surface area contributed by atoms with Gasteiger partial charge in [-0.1, -0.05) is 125 Å². The van der Waals surface area contributed by atoms with Gasteiger partial charge >= 0.3 is 0 Å². The molecule has 0 fully saturated rings. The Labute approximate surface area is 277 Å². The second kappa shape index (κ2) is 24.0. The molecule has 45 heavy (non-hydrogen) atoms. The molecule has 0 aliphatic heterocycles. The molecule has 0 N–H and O–H groups in total. The van der Waals surface area contributed by atoms with Crippen molar-refractivity contribution in [2.75, 3.05) is 14.2 Å². The smallest absolute Gasteiger partial charge is 0.150 e. The SMILES string of the molecule is COC(C)(C)CCCC(C)=CC=CC(C)=CC=CC(C)=CC=CC=C(C=O)C=CC=C(C)C=CC=C(C)CCCC(C)(C)OC. The Bertz CT molecular complexity index is 1210. The van der Waals surface area contributed by atoms with Gasteiger partial charge in [-0.05, 0) is 101 Å². The topological polar surface area (TPSA) is 35.5 Å². The highest BCUT2D eigenvalue weighted by Gasteiger charge is 2.15. The average molecular weight is 615 g/mol. The standard InChI is InChI=1S/C42H62O3/c1-35(21-14-22-36(2)23-15-25-38(4)28-18-32-41(6,7)44-10)20-12-13-30-40(34-43)31-17-27-37(3)24-16-26-39(5)29-19-33-42(8,9)45-11/h12-17,20-27,30-31,34H,18-19,28-29,32-33H2,1-11H3. The van der Waals surface area contributed by atoms with Gasteiger partial charge in [-0.15, -0.1) is 0 Å². The molecule has 0 radical (unpaired) electrons. The van der Waals surface area contributed by atoms with Crippen LogP contribution in [0.1, 0.15) is 101 Å². The van der Waals surface area contributed by atoms with E-state index >= 15 is 0 Å². The van der Waals surface area contributed by atoms with Crippen molar-refractivity contribution in [3.05, 3.63) is 131 Å². The predicted octanol–water partition coefficient (Wildman–Crippen LogP) is 11.8. The van der Waals surface area contributed by atoms with Crippen LogP contribution in [0.4, 0.5) is 0 Å². The molecular weight excluding hydrogens is 552 g/mol. The molecule has 0 aliphatic carbocycles. The summed E-state index contributed by atoms with van der Waals surface area (Å²) in [6.07, 6.45) is 39.8. The Morgan fingerprint density at radius 3 is 1.27 bits per heavy atom. The average Bonchev–Trinajstić information content (AvgIpc) is 2.98. The lowest BCUT2D eigenvalue weighted by Crippen LogP contribution is -2.21. The number of aldehydes is 1. The minimum atomic E-state index is -0.0606. The van der Waals surface area contributed by atoms with Gasteiger partial charge < -0.3 is 9.47 Å². The summed E-state index contributed by atoms with van der Waals surface area (Å²) in [6, 6.07) is 0. The number of allylic oxidation sites excluding steroid dienone is 22. The van der Waals surface area contributed by atoms with Gasteiger partial charge in [0.2, 0.25) is 0 Å². The van der Waals surface area contributed by atoms with E-state index in [-0.39, 0.29) is 11.2 Å². The van der Waals surface area contributed by atoms with Crippen molar-refractivity contribution >= 4 is 6.29 Å². The fourth-order valence-corrected chi connectivity index (χ4v) is 4.02. The Kier molecular flexibility index (Phi) is 22.3. The molecular formula is C42H62O3. The summed E-state index contributed by atoms with van der Waals surface area (Å²) in [7, 11) is 3.55. The molecule has 3 heteroatoms. The number of hydrogen-bond donors (Lipinski definition) is 0. The quantitative estimate of drug-likeness (QED) is 0.0733. The second-order valence-corrected chi connectivity index (χ2v) is 13.0. The number of carbonyl (C=O) groups is 1. The number of ether oxygens (including phenoxy) is 2. The molecule has 0 atom stereocenters. The van der Waals surface area contributed by atoms with Gasteiger partial charge in [-0.25, -0.2) is 0 Å². The van der Waals surface area contributed by atoms with Gasteiger partial charge in [0.05, 0.1) is 11.2 Å². The molecule has 0 amide bonds. The molecule has 0 saturated heterocycles. The van der Waals surface area contributed by atoms with Crippen molar-refractivity contribution in [3.8, 4) is 0 Å². The van der Waals surface area contributed by atoms with Crippen molar-refractivity contribution in [1.82, 2.24) is 0 Å². The Balaban J connectivity index is 4.82. The zero-order valence-electron chi connectivity index (χ0n) is 30.3. The zero-order valence-corrected chi connectivity index (χ0v) is 30.3. The normalized spacial score (nSPS) is 15.7. The monoisotopic (exact) mass is 614 g/mol. The molecule has 0 saturated carbocycles. The number of methoxy groups -OCH3 is 2. The fourth-order valence-electron chi connectivity index (χ4n) is 4.02. The molecule has 0 aliphatic rings. The highest BCUT2D eigenvalue weighted by molar-refractivity contribution is 5.78. The lowest BCUT2D eigenvalue weighted by molar-refractivity contribution is -0.104. The van der Waals surface area contributed by atoms with Crippen molar-refractivity contribution in [2.45, 2.75) is 112 Å². The van der Waals surface area contributed by atoms with Gasteiger partial charge in [-0.3, -0.25) is 4.79 Å². The predicted molar refractivity (Wildman–Crippen MR) is 199 cm³/mol. The van der Waals surface area contributed by atoms with E-state index in [0.29, 0.717) is 5.57 Å². The van der Waals surface area contributed by atoms with Crippen molar-refractivity contribution in [2.24, 2.45) is 0 Å². The van der Waals surface area contributed by atoms with Crippen molar-refractivity contribution in [1.29, 1.82) is 0 Å². The lowest BCUT2D eigenvalue weighted by atomic mass is 9.99. The van der Waals surface area contributed by atoms with Crippen LogP contribution in [0.2, 0.25) is 0 Å². The summed E-state index contributed by atoms with van der Waals surface area (Å²) < 4.78 is 11.0. The van der Waals surface area contributed by atoms with Gasteiger partial charge in [0.1, 0.15) is 6.29 Å².